The van der Waals surface area contributed by atoms with Crippen LogP contribution < -0.4 is 9.62 Å². The lowest BCUT2D eigenvalue weighted by molar-refractivity contribution is -0.192. The third-order valence-corrected chi connectivity index (χ3v) is 7.76. The molecule has 1 aliphatic rings. The normalized spacial score (nSPS) is 16.1. The zero-order valence-corrected chi connectivity index (χ0v) is 21.8. The first-order valence-corrected chi connectivity index (χ1v) is 13.6. The Bertz CT molecular complexity index is 1290. The van der Waals surface area contributed by atoms with Gasteiger partial charge in [-0.3, -0.25) is 9.62 Å². The van der Waals surface area contributed by atoms with Crippen LogP contribution in [0.15, 0.2) is 64.3 Å². The molecule has 1 saturated heterocycles. The maximum absolute atomic E-state index is 12.6. The quantitative estimate of drug-likeness (QED) is 0.439. The number of aryl methyl sites for hydroxylation is 1. The number of carboxylic acids is 1. The van der Waals surface area contributed by atoms with E-state index in [0.29, 0.717) is 11.9 Å². The predicted molar refractivity (Wildman–Crippen MR) is 136 cm³/mol. The fourth-order valence-electron chi connectivity index (χ4n) is 3.96. The van der Waals surface area contributed by atoms with Crippen LogP contribution in [0.3, 0.4) is 0 Å². The summed E-state index contributed by atoms with van der Waals surface area (Å²) in [5.41, 5.74) is 4.94. The van der Waals surface area contributed by atoms with E-state index in [0.717, 1.165) is 37.3 Å². The highest BCUT2D eigenvalue weighted by atomic mass is 32.2. The molecule has 13 heteroatoms. The third kappa shape index (κ3) is 7.91. The van der Waals surface area contributed by atoms with Gasteiger partial charge in [0.05, 0.1) is 10.4 Å². The van der Waals surface area contributed by atoms with Crippen LogP contribution in [0.5, 0.6) is 0 Å². The zero-order valence-electron chi connectivity index (χ0n) is 20.1. The zero-order chi connectivity index (χ0) is 27.2. The summed E-state index contributed by atoms with van der Waals surface area (Å²) in [4.78, 5) is 17.9. The molecule has 1 aliphatic heterocycles. The van der Waals surface area contributed by atoms with Gasteiger partial charge in [0.1, 0.15) is 0 Å². The van der Waals surface area contributed by atoms with Crippen molar-refractivity contribution in [3.8, 4) is 0 Å². The van der Waals surface area contributed by atoms with E-state index in [1.807, 2.05) is 19.1 Å². The molecule has 4 rings (SSSR count). The van der Waals surface area contributed by atoms with Crippen molar-refractivity contribution in [2.24, 2.45) is 0 Å². The summed E-state index contributed by atoms with van der Waals surface area (Å²) in [5, 5.41) is 8.80. The summed E-state index contributed by atoms with van der Waals surface area (Å²) in [6, 6.07) is 16.3. The lowest BCUT2D eigenvalue weighted by Gasteiger charge is -2.29. The lowest BCUT2D eigenvalue weighted by atomic mass is 10.1. The van der Waals surface area contributed by atoms with Crippen LogP contribution in [0.25, 0.3) is 0 Å². The Hall–Kier alpha value is -3.16. The van der Waals surface area contributed by atoms with Gasteiger partial charge in [-0.2, -0.15) is 13.2 Å². The number of benzene rings is 2. The molecule has 1 aromatic heterocycles. The van der Waals surface area contributed by atoms with Gasteiger partial charge in [-0.05, 0) is 42.7 Å². The topological polar surface area (TPSA) is 103 Å². The molecule has 0 aliphatic carbocycles. The molecular weight excluding hydrogens is 529 g/mol. The molecule has 3 aromatic rings. The summed E-state index contributed by atoms with van der Waals surface area (Å²) >= 11 is 1.35. The van der Waals surface area contributed by atoms with Crippen LogP contribution in [0.2, 0.25) is 0 Å². The number of likely N-dealkylation sites (tertiary alicyclic amines) is 1. The number of carboxylic acid groups (broad SMARTS) is 1. The standard InChI is InChI=1S/C22H26N4O2S2.C2HF3O2/c1-17-12-20(30(27,28)24-22-15-29-16-23-22)8-9-21(17)25(2)19-10-11-26(14-19)13-18-6-4-3-5-7-18;3-2(4,5)1(6)7/h3-9,12,15-16,19,24H,10-11,13-14H2,1-2H3;(H,6,7)/t19-;/m0./s1. The van der Waals surface area contributed by atoms with Gasteiger partial charge >= 0.3 is 12.1 Å². The minimum Gasteiger partial charge on any atom is -0.475 e. The van der Waals surface area contributed by atoms with Gasteiger partial charge in [0.25, 0.3) is 10.0 Å². The van der Waals surface area contributed by atoms with Gasteiger partial charge in [-0.1, -0.05) is 30.3 Å². The van der Waals surface area contributed by atoms with E-state index in [2.05, 4.69) is 50.8 Å². The second kappa shape index (κ2) is 11.9. The molecule has 0 saturated carbocycles. The molecule has 200 valence electrons. The highest BCUT2D eigenvalue weighted by Gasteiger charge is 2.38. The van der Waals surface area contributed by atoms with Crippen LogP contribution >= 0.6 is 11.3 Å². The number of halogens is 3. The minimum atomic E-state index is -5.08. The van der Waals surface area contributed by atoms with E-state index in [-0.39, 0.29) is 4.90 Å². The highest BCUT2D eigenvalue weighted by molar-refractivity contribution is 7.92. The summed E-state index contributed by atoms with van der Waals surface area (Å²) < 4.78 is 59.5. The van der Waals surface area contributed by atoms with Crippen LogP contribution in [0, 0.1) is 6.92 Å². The minimum absolute atomic E-state index is 0.252. The molecule has 37 heavy (non-hydrogen) atoms. The number of nitrogens with one attached hydrogen (secondary N) is 1. The first-order chi connectivity index (χ1) is 17.4. The largest absolute Gasteiger partial charge is 0.490 e. The SMILES string of the molecule is Cc1cc(S(=O)(=O)Nc2cscn2)ccc1N(C)[C@H]1CCN(Cc2ccccc2)C1.O=C(O)C(F)(F)F. The summed E-state index contributed by atoms with van der Waals surface area (Å²) in [7, 11) is -1.55. The van der Waals surface area contributed by atoms with E-state index < -0.39 is 22.2 Å². The van der Waals surface area contributed by atoms with Gasteiger partial charge in [0.15, 0.2) is 5.82 Å². The summed E-state index contributed by atoms with van der Waals surface area (Å²) in [6.07, 6.45) is -3.99. The monoisotopic (exact) mass is 556 g/mol. The maximum atomic E-state index is 12.6. The number of rotatable bonds is 7. The lowest BCUT2D eigenvalue weighted by Crippen LogP contribution is -2.34. The van der Waals surface area contributed by atoms with Gasteiger partial charge in [0, 0.05) is 43.8 Å². The smallest absolute Gasteiger partial charge is 0.475 e. The predicted octanol–water partition coefficient (Wildman–Crippen LogP) is 4.60. The van der Waals surface area contributed by atoms with E-state index in [4.69, 9.17) is 9.90 Å². The van der Waals surface area contributed by atoms with Crippen molar-refractivity contribution in [1.29, 1.82) is 0 Å². The van der Waals surface area contributed by atoms with Crippen molar-refractivity contribution >= 4 is 38.8 Å². The van der Waals surface area contributed by atoms with E-state index in [1.54, 1.807) is 23.0 Å². The number of aromatic nitrogens is 1. The molecular formula is C24H27F3N4O4S2. The number of hydrogen-bond donors (Lipinski definition) is 2. The molecule has 0 bridgehead atoms. The first-order valence-electron chi connectivity index (χ1n) is 11.2. The number of carbonyl (C=O) groups is 1. The van der Waals surface area contributed by atoms with Crippen molar-refractivity contribution in [2.75, 3.05) is 29.8 Å². The van der Waals surface area contributed by atoms with E-state index in [1.165, 1.54) is 16.9 Å². The number of sulfonamides is 1. The average molecular weight is 557 g/mol. The number of anilines is 2. The molecule has 0 spiro atoms. The van der Waals surface area contributed by atoms with Crippen molar-refractivity contribution < 1.29 is 31.5 Å². The Labute approximate surface area is 217 Å². The van der Waals surface area contributed by atoms with E-state index >= 15 is 0 Å². The second-order valence-electron chi connectivity index (χ2n) is 8.50. The highest BCUT2D eigenvalue weighted by Crippen LogP contribution is 2.28. The van der Waals surface area contributed by atoms with Crippen molar-refractivity contribution in [3.05, 3.63) is 70.5 Å². The fraction of sp³-hybridized carbons (Fsp3) is 0.333. The molecule has 1 fully saturated rings. The molecule has 0 amide bonds. The Kier molecular flexibility index (Phi) is 9.16. The maximum Gasteiger partial charge on any atom is 0.490 e. The van der Waals surface area contributed by atoms with Crippen molar-refractivity contribution in [1.82, 2.24) is 9.88 Å². The Morgan fingerprint density at radius 1 is 1.24 bits per heavy atom. The fourth-order valence-corrected chi connectivity index (χ4v) is 5.60. The number of likely N-dealkylation sites (N-methyl/N-ethyl adjacent to an activating group) is 1. The summed E-state index contributed by atoms with van der Waals surface area (Å²) in [5.74, 6) is -2.41. The second-order valence-corrected chi connectivity index (χ2v) is 10.9. The van der Waals surface area contributed by atoms with Gasteiger partial charge in [-0.25, -0.2) is 18.2 Å². The van der Waals surface area contributed by atoms with Crippen LogP contribution in [0.4, 0.5) is 24.7 Å². The van der Waals surface area contributed by atoms with Crippen LogP contribution in [-0.2, 0) is 21.4 Å². The molecule has 2 aromatic carbocycles. The van der Waals surface area contributed by atoms with Gasteiger partial charge in [-0.15, -0.1) is 11.3 Å². The third-order valence-electron chi connectivity index (χ3n) is 5.82. The number of thiazole rings is 1. The first kappa shape index (κ1) is 28.4. The molecule has 2 heterocycles. The number of alkyl halides is 3. The van der Waals surface area contributed by atoms with Gasteiger partial charge < -0.3 is 10.0 Å². The molecule has 2 N–H and O–H groups in total. The Morgan fingerprint density at radius 2 is 1.92 bits per heavy atom. The number of nitrogens with zero attached hydrogens (tertiary/aromatic N) is 3. The summed E-state index contributed by atoms with van der Waals surface area (Å²) in [6.45, 7) is 4.98. The molecule has 8 nitrogen and oxygen atoms in total. The molecule has 0 unspecified atom stereocenters. The molecule has 1 atom stereocenters. The Balaban J connectivity index is 0.000000479. The molecule has 0 radical (unpaired) electrons. The van der Waals surface area contributed by atoms with Crippen molar-refractivity contribution in [2.45, 2.75) is 37.0 Å². The average Bonchev–Trinajstić information content (AvgIpc) is 3.51. The van der Waals surface area contributed by atoms with Crippen molar-refractivity contribution in [3.63, 3.8) is 0 Å². The van der Waals surface area contributed by atoms with E-state index in [9.17, 15) is 21.6 Å². The number of hydrogen-bond acceptors (Lipinski definition) is 7. The Morgan fingerprint density at radius 3 is 2.49 bits per heavy atom. The van der Waals surface area contributed by atoms with Crippen LogP contribution in [0.1, 0.15) is 17.5 Å². The van der Waals surface area contributed by atoms with Crippen LogP contribution in [-0.4, -0.2) is 61.7 Å². The van der Waals surface area contributed by atoms with Gasteiger partial charge in [0.2, 0.25) is 0 Å². The number of aliphatic carboxylic acids is 1.